The molecule has 0 heterocycles. The number of benzene rings is 3. The van der Waals surface area contributed by atoms with Crippen LogP contribution in [0.2, 0.25) is 0 Å². The monoisotopic (exact) mass is 434 g/mol. The van der Waals surface area contributed by atoms with E-state index in [2.05, 4.69) is 10.6 Å². The maximum absolute atomic E-state index is 12.6. The molecule has 3 aromatic carbocycles. The van der Waals surface area contributed by atoms with E-state index in [4.69, 9.17) is 4.74 Å². The van der Waals surface area contributed by atoms with Gasteiger partial charge >= 0.3 is 0 Å². The predicted octanol–water partition coefficient (Wildman–Crippen LogP) is 5.68. The Kier molecular flexibility index (Phi) is 7.36. The number of rotatable bonds is 7. The average Bonchev–Trinajstić information content (AvgIpc) is 2.77. The van der Waals surface area contributed by atoms with Crippen molar-refractivity contribution in [2.24, 2.45) is 0 Å². The second-order valence-electron chi connectivity index (χ2n) is 7.28. The molecule has 160 valence electrons. The van der Waals surface area contributed by atoms with Crippen LogP contribution < -0.4 is 15.4 Å². The maximum atomic E-state index is 12.6. The number of anilines is 2. The van der Waals surface area contributed by atoms with E-state index < -0.39 is 0 Å². The van der Waals surface area contributed by atoms with Crippen LogP contribution in [0.15, 0.2) is 71.6 Å². The Labute approximate surface area is 187 Å². The minimum absolute atomic E-state index is 0.0487. The highest BCUT2D eigenvalue weighted by Crippen LogP contribution is 2.26. The van der Waals surface area contributed by atoms with Gasteiger partial charge in [0.1, 0.15) is 5.75 Å². The lowest BCUT2D eigenvalue weighted by Crippen LogP contribution is -2.22. The highest BCUT2D eigenvalue weighted by atomic mass is 32.2. The summed E-state index contributed by atoms with van der Waals surface area (Å²) < 4.78 is 5.16. The van der Waals surface area contributed by atoms with Crippen LogP contribution in [0.25, 0.3) is 0 Å². The van der Waals surface area contributed by atoms with Crippen LogP contribution >= 0.6 is 11.8 Å². The highest BCUT2D eigenvalue weighted by molar-refractivity contribution is 8.00. The Hall–Kier alpha value is -3.25. The number of aryl methyl sites for hydroxylation is 2. The van der Waals surface area contributed by atoms with E-state index >= 15 is 0 Å². The molecule has 31 heavy (non-hydrogen) atoms. The topological polar surface area (TPSA) is 67.4 Å². The number of thioether (sulfide) groups is 1. The Morgan fingerprint density at radius 2 is 1.68 bits per heavy atom. The third-order valence-electron chi connectivity index (χ3n) is 4.77. The lowest BCUT2D eigenvalue weighted by Gasteiger charge is -2.14. The molecule has 6 heteroatoms. The average molecular weight is 435 g/mol. The molecule has 1 atom stereocenters. The summed E-state index contributed by atoms with van der Waals surface area (Å²) >= 11 is 1.47. The highest BCUT2D eigenvalue weighted by Gasteiger charge is 2.16. The maximum Gasteiger partial charge on any atom is 0.255 e. The van der Waals surface area contributed by atoms with E-state index in [1.807, 2.05) is 63.2 Å². The predicted molar refractivity (Wildman–Crippen MR) is 127 cm³/mol. The van der Waals surface area contributed by atoms with Crippen LogP contribution in [0.1, 0.15) is 28.4 Å². The zero-order chi connectivity index (χ0) is 22.4. The zero-order valence-electron chi connectivity index (χ0n) is 18.1. The van der Waals surface area contributed by atoms with E-state index in [9.17, 15) is 9.59 Å². The van der Waals surface area contributed by atoms with Gasteiger partial charge in [-0.15, -0.1) is 11.8 Å². The van der Waals surface area contributed by atoms with Gasteiger partial charge in [-0.3, -0.25) is 9.59 Å². The number of hydrogen-bond donors (Lipinski definition) is 2. The van der Waals surface area contributed by atoms with Crippen LogP contribution in [0, 0.1) is 13.8 Å². The van der Waals surface area contributed by atoms with Gasteiger partial charge in [0.15, 0.2) is 0 Å². The van der Waals surface area contributed by atoms with Crippen molar-refractivity contribution in [3.63, 3.8) is 0 Å². The molecule has 3 aromatic rings. The fourth-order valence-electron chi connectivity index (χ4n) is 3.03. The summed E-state index contributed by atoms with van der Waals surface area (Å²) in [5, 5.41) is 5.60. The van der Waals surface area contributed by atoms with E-state index in [0.717, 1.165) is 21.7 Å². The molecule has 0 saturated carbocycles. The quantitative estimate of drug-likeness (QED) is 0.469. The van der Waals surface area contributed by atoms with Crippen LogP contribution in [-0.2, 0) is 4.79 Å². The van der Waals surface area contributed by atoms with Gasteiger partial charge in [-0.2, -0.15) is 0 Å². The normalized spacial score (nSPS) is 11.5. The molecular formula is C25H26N2O3S. The van der Waals surface area contributed by atoms with E-state index in [1.54, 1.807) is 31.4 Å². The molecule has 0 bridgehead atoms. The summed E-state index contributed by atoms with van der Waals surface area (Å²) in [7, 11) is 1.57. The molecule has 0 aliphatic rings. The van der Waals surface area contributed by atoms with Gasteiger partial charge in [0.25, 0.3) is 5.91 Å². The van der Waals surface area contributed by atoms with Crippen molar-refractivity contribution in [1.29, 1.82) is 0 Å². The first-order chi connectivity index (χ1) is 14.9. The standard InChI is InChI=1S/C25H26N2O3S/c1-16-8-13-23(17(2)14-16)27-24(28)18(3)31-22-11-9-20(10-12-22)26-25(29)19-6-5-7-21(15-19)30-4/h5-15,18H,1-4H3,(H,26,29)(H,27,28). The van der Waals surface area contributed by atoms with Crippen molar-refractivity contribution < 1.29 is 14.3 Å². The van der Waals surface area contributed by atoms with Gasteiger partial charge in [0, 0.05) is 21.8 Å². The Morgan fingerprint density at radius 1 is 0.935 bits per heavy atom. The minimum Gasteiger partial charge on any atom is -0.497 e. The molecule has 0 fully saturated rings. The summed E-state index contributed by atoms with van der Waals surface area (Å²) in [4.78, 5) is 26.0. The number of methoxy groups -OCH3 is 1. The fourth-order valence-corrected chi connectivity index (χ4v) is 3.90. The minimum atomic E-state index is -0.266. The van der Waals surface area contributed by atoms with Crippen molar-refractivity contribution >= 4 is 35.0 Å². The van der Waals surface area contributed by atoms with Crippen LogP contribution in [-0.4, -0.2) is 24.2 Å². The second-order valence-corrected chi connectivity index (χ2v) is 8.69. The number of carbonyl (C=O) groups is 2. The van der Waals surface area contributed by atoms with Gasteiger partial charge in [-0.1, -0.05) is 23.8 Å². The molecule has 0 aliphatic carbocycles. The van der Waals surface area contributed by atoms with Gasteiger partial charge in [-0.05, 0) is 74.9 Å². The Balaban J connectivity index is 1.58. The molecule has 0 saturated heterocycles. The summed E-state index contributed by atoms with van der Waals surface area (Å²) in [6.45, 7) is 5.89. The van der Waals surface area contributed by atoms with Crippen LogP contribution in [0.5, 0.6) is 5.75 Å². The third-order valence-corrected chi connectivity index (χ3v) is 5.88. The van der Waals surface area contributed by atoms with Crippen molar-refractivity contribution in [3.8, 4) is 5.75 Å². The summed E-state index contributed by atoms with van der Waals surface area (Å²) in [5.41, 5.74) is 4.25. The third kappa shape index (κ3) is 6.12. The molecule has 2 amide bonds. The zero-order valence-corrected chi connectivity index (χ0v) is 18.9. The first-order valence-corrected chi connectivity index (χ1v) is 10.8. The molecule has 2 N–H and O–H groups in total. The van der Waals surface area contributed by atoms with E-state index in [-0.39, 0.29) is 17.1 Å². The Bertz CT molecular complexity index is 1080. The summed E-state index contributed by atoms with van der Waals surface area (Å²) in [5.74, 6) is 0.375. The number of carbonyl (C=O) groups excluding carboxylic acids is 2. The van der Waals surface area contributed by atoms with E-state index in [0.29, 0.717) is 17.0 Å². The SMILES string of the molecule is COc1cccc(C(=O)Nc2ccc(SC(C)C(=O)Nc3ccc(C)cc3C)cc2)c1. The second kappa shape index (κ2) is 10.2. The van der Waals surface area contributed by atoms with Crippen molar-refractivity contribution in [3.05, 3.63) is 83.4 Å². The number of ether oxygens (including phenoxy) is 1. The Morgan fingerprint density at radius 3 is 2.35 bits per heavy atom. The molecule has 1 unspecified atom stereocenters. The lowest BCUT2D eigenvalue weighted by molar-refractivity contribution is -0.115. The lowest BCUT2D eigenvalue weighted by atomic mass is 10.1. The van der Waals surface area contributed by atoms with Crippen molar-refractivity contribution in [2.45, 2.75) is 30.9 Å². The summed E-state index contributed by atoms with van der Waals surface area (Å²) in [6, 6.07) is 20.4. The number of nitrogens with one attached hydrogen (secondary N) is 2. The molecule has 0 aromatic heterocycles. The molecule has 5 nitrogen and oxygen atoms in total. The van der Waals surface area contributed by atoms with Gasteiger partial charge in [-0.25, -0.2) is 0 Å². The molecule has 0 aliphatic heterocycles. The van der Waals surface area contributed by atoms with Crippen LogP contribution in [0.3, 0.4) is 0 Å². The molecule has 0 spiro atoms. The smallest absolute Gasteiger partial charge is 0.255 e. The first kappa shape index (κ1) is 22.4. The number of amides is 2. The van der Waals surface area contributed by atoms with Crippen molar-refractivity contribution in [2.75, 3.05) is 17.7 Å². The molecule has 3 rings (SSSR count). The fraction of sp³-hybridized carbons (Fsp3) is 0.200. The van der Waals surface area contributed by atoms with Crippen LogP contribution in [0.4, 0.5) is 11.4 Å². The van der Waals surface area contributed by atoms with Gasteiger partial charge < -0.3 is 15.4 Å². The first-order valence-electron chi connectivity index (χ1n) is 9.96. The largest absolute Gasteiger partial charge is 0.497 e. The van der Waals surface area contributed by atoms with Gasteiger partial charge in [0.2, 0.25) is 5.91 Å². The molecule has 0 radical (unpaired) electrons. The number of hydrogen-bond acceptors (Lipinski definition) is 4. The molecular weight excluding hydrogens is 408 g/mol. The summed E-state index contributed by atoms with van der Waals surface area (Å²) in [6.07, 6.45) is 0. The van der Waals surface area contributed by atoms with Gasteiger partial charge in [0.05, 0.1) is 12.4 Å². The van der Waals surface area contributed by atoms with Crippen molar-refractivity contribution in [1.82, 2.24) is 0 Å². The van der Waals surface area contributed by atoms with E-state index in [1.165, 1.54) is 11.8 Å².